The molecule has 0 aliphatic carbocycles. The maximum atomic E-state index is 12.1. The van der Waals surface area contributed by atoms with E-state index in [-0.39, 0.29) is 22.8 Å². The Morgan fingerprint density at radius 2 is 2.21 bits per heavy atom. The van der Waals surface area contributed by atoms with Gasteiger partial charge in [-0.05, 0) is 25.1 Å². The molecule has 0 aliphatic rings. The Morgan fingerprint density at radius 3 is 2.84 bits per heavy atom. The minimum absolute atomic E-state index is 0.157. The predicted molar refractivity (Wildman–Crippen MR) is 78.9 cm³/mol. The topological polar surface area (TPSA) is 68.0 Å². The molecule has 2 aromatic heterocycles. The molecule has 1 unspecified atom stereocenters. The minimum Gasteiger partial charge on any atom is -0.384 e. The van der Waals surface area contributed by atoms with Gasteiger partial charge in [-0.1, -0.05) is 23.2 Å². The van der Waals surface area contributed by atoms with Gasteiger partial charge in [0.25, 0.3) is 5.91 Å². The molecule has 19 heavy (non-hydrogen) atoms. The zero-order valence-corrected chi connectivity index (χ0v) is 12.3. The second kappa shape index (κ2) is 5.77. The fraction of sp³-hybridized carbons (Fsp3) is 0.167. The number of nitrogens with zero attached hydrogens (tertiary/aromatic N) is 1. The molecule has 0 bridgehead atoms. The number of rotatable bonds is 3. The lowest BCUT2D eigenvalue weighted by molar-refractivity contribution is 0.0940. The van der Waals surface area contributed by atoms with Crippen molar-refractivity contribution in [1.29, 1.82) is 0 Å². The number of anilines is 1. The van der Waals surface area contributed by atoms with Gasteiger partial charge in [-0.15, -0.1) is 11.3 Å². The summed E-state index contributed by atoms with van der Waals surface area (Å²) in [4.78, 5) is 16.9. The van der Waals surface area contributed by atoms with Gasteiger partial charge in [0.15, 0.2) is 0 Å². The van der Waals surface area contributed by atoms with Crippen molar-refractivity contribution in [3.63, 3.8) is 0 Å². The molecule has 0 saturated carbocycles. The van der Waals surface area contributed by atoms with Crippen LogP contribution in [0, 0.1) is 0 Å². The number of thiophene rings is 1. The molecule has 2 aromatic rings. The molecule has 0 radical (unpaired) electrons. The zero-order valence-electron chi connectivity index (χ0n) is 9.98. The van der Waals surface area contributed by atoms with E-state index in [1.54, 1.807) is 6.07 Å². The highest BCUT2D eigenvalue weighted by Crippen LogP contribution is 2.27. The number of hydrogen-bond acceptors (Lipinski definition) is 4. The molecule has 0 spiro atoms. The number of carbonyl (C=O) groups excluding carboxylic acids is 1. The summed E-state index contributed by atoms with van der Waals surface area (Å²) in [7, 11) is 0. The minimum atomic E-state index is -0.295. The molecule has 2 rings (SSSR count). The number of nitrogen functional groups attached to an aromatic ring is 1. The molecular formula is C12H11Cl2N3OS. The molecular weight excluding hydrogens is 305 g/mol. The third kappa shape index (κ3) is 3.37. The molecule has 2 heterocycles. The average Bonchev–Trinajstić information content (AvgIpc) is 2.79. The van der Waals surface area contributed by atoms with Crippen molar-refractivity contribution in [3.8, 4) is 0 Å². The van der Waals surface area contributed by atoms with Gasteiger partial charge in [-0.2, -0.15) is 0 Å². The summed E-state index contributed by atoms with van der Waals surface area (Å²) < 4.78 is 0.683. The van der Waals surface area contributed by atoms with Crippen molar-refractivity contribution in [2.75, 3.05) is 5.73 Å². The van der Waals surface area contributed by atoms with Crippen LogP contribution >= 0.6 is 34.5 Å². The maximum Gasteiger partial charge on any atom is 0.253 e. The van der Waals surface area contributed by atoms with Crippen LogP contribution < -0.4 is 11.1 Å². The molecule has 1 amide bonds. The second-order valence-electron chi connectivity index (χ2n) is 3.93. The quantitative estimate of drug-likeness (QED) is 0.910. The summed E-state index contributed by atoms with van der Waals surface area (Å²) >= 11 is 13.2. The van der Waals surface area contributed by atoms with Crippen molar-refractivity contribution in [2.45, 2.75) is 13.0 Å². The van der Waals surface area contributed by atoms with Crippen LogP contribution in [0.5, 0.6) is 0 Å². The van der Waals surface area contributed by atoms with E-state index in [1.807, 2.05) is 13.0 Å². The number of nitrogens with two attached hydrogens (primary N) is 1. The van der Waals surface area contributed by atoms with Crippen LogP contribution in [-0.2, 0) is 0 Å². The van der Waals surface area contributed by atoms with E-state index >= 15 is 0 Å². The van der Waals surface area contributed by atoms with Gasteiger partial charge in [0, 0.05) is 11.1 Å². The molecule has 3 N–H and O–H groups in total. The fourth-order valence-corrected chi connectivity index (χ4v) is 2.79. The first-order valence-electron chi connectivity index (χ1n) is 5.44. The molecule has 0 aromatic carbocycles. The van der Waals surface area contributed by atoms with Crippen LogP contribution in [0.3, 0.4) is 0 Å². The van der Waals surface area contributed by atoms with Crippen molar-refractivity contribution in [2.24, 2.45) is 0 Å². The van der Waals surface area contributed by atoms with E-state index in [1.165, 1.54) is 23.6 Å². The third-order valence-corrected chi connectivity index (χ3v) is 4.20. The van der Waals surface area contributed by atoms with E-state index in [9.17, 15) is 4.79 Å². The monoisotopic (exact) mass is 315 g/mol. The summed E-state index contributed by atoms with van der Waals surface area (Å²) in [5.41, 5.74) is 5.85. The lowest BCUT2D eigenvalue weighted by atomic mass is 10.2. The number of nitrogens with one attached hydrogen (secondary N) is 1. The summed E-state index contributed by atoms with van der Waals surface area (Å²) in [5, 5.41) is 3.11. The fourth-order valence-electron chi connectivity index (χ4n) is 1.54. The first kappa shape index (κ1) is 14.1. The highest BCUT2D eigenvalue weighted by Gasteiger charge is 2.16. The lowest BCUT2D eigenvalue weighted by Crippen LogP contribution is -2.26. The maximum absolute atomic E-state index is 12.1. The number of hydrogen-bond donors (Lipinski definition) is 2. The van der Waals surface area contributed by atoms with Crippen LogP contribution in [0.1, 0.15) is 28.2 Å². The second-order valence-corrected chi connectivity index (χ2v) is 6.08. The van der Waals surface area contributed by atoms with Gasteiger partial charge >= 0.3 is 0 Å². The number of amides is 1. The van der Waals surface area contributed by atoms with Crippen LogP contribution in [0.25, 0.3) is 0 Å². The molecule has 1 atom stereocenters. The first-order valence-corrected chi connectivity index (χ1v) is 7.01. The Balaban J connectivity index is 2.15. The molecule has 0 saturated heterocycles. The standard InChI is InChI=1S/C12H11Cl2N3OS/c1-6(9-2-3-10(14)19-9)17-12(18)7-4-11(15)16-5-8(7)13/h2-6H,1H3,(H2,15,16)(H,17,18). The van der Waals surface area contributed by atoms with Crippen molar-refractivity contribution in [1.82, 2.24) is 10.3 Å². The predicted octanol–water partition coefficient (Wildman–Crippen LogP) is 3.52. The number of aromatic nitrogens is 1. The van der Waals surface area contributed by atoms with E-state index < -0.39 is 0 Å². The largest absolute Gasteiger partial charge is 0.384 e. The molecule has 7 heteroatoms. The van der Waals surface area contributed by atoms with E-state index in [2.05, 4.69) is 10.3 Å². The van der Waals surface area contributed by atoms with Crippen molar-refractivity contribution >= 4 is 46.3 Å². The van der Waals surface area contributed by atoms with E-state index in [0.717, 1.165) is 4.88 Å². The SMILES string of the molecule is CC(NC(=O)c1cc(N)ncc1Cl)c1ccc(Cl)s1. The summed E-state index contributed by atoms with van der Waals surface area (Å²) in [6.45, 7) is 1.87. The molecule has 0 aliphatic heterocycles. The van der Waals surface area contributed by atoms with Gasteiger partial charge in [0.2, 0.25) is 0 Å². The number of carbonyl (C=O) groups is 1. The normalized spacial score (nSPS) is 12.2. The van der Waals surface area contributed by atoms with Crippen molar-refractivity contribution < 1.29 is 4.79 Å². The average molecular weight is 316 g/mol. The first-order chi connectivity index (χ1) is 8.97. The number of halogens is 2. The van der Waals surface area contributed by atoms with Gasteiger partial charge in [0.1, 0.15) is 5.82 Å². The van der Waals surface area contributed by atoms with Gasteiger partial charge in [0.05, 0.1) is 21.0 Å². The third-order valence-electron chi connectivity index (χ3n) is 2.49. The molecule has 0 fully saturated rings. The van der Waals surface area contributed by atoms with Crippen LogP contribution in [0.4, 0.5) is 5.82 Å². The highest BCUT2D eigenvalue weighted by atomic mass is 35.5. The van der Waals surface area contributed by atoms with Gasteiger partial charge in [-0.3, -0.25) is 4.79 Å². The van der Waals surface area contributed by atoms with Crippen LogP contribution in [-0.4, -0.2) is 10.9 Å². The van der Waals surface area contributed by atoms with Gasteiger partial charge in [-0.25, -0.2) is 4.98 Å². The zero-order chi connectivity index (χ0) is 14.0. The lowest BCUT2D eigenvalue weighted by Gasteiger charge is -2.13. The Morgan fingerprint density at radius 1 is 1.47 bits per heavy atom. The van der Waals surface area contributed by atoms with Crippen LogP contribution in [0.15, 0.2) is 24.4 Å². The summed E-state index contributed by atoms with van der Waals surface area (Å²) in [6, 6.07) is 4.96. The van der Waals surface area contributed by atoms with Crippen LogP contribution in [0.2, 0.25) is 9.36 Å². The van der Waals surface area contributed by atoms with Gasteiger partial charge < -0.3 is 11.1 Å². The Hall–Kier alpha value is -1.30. The highest BCUT2D eigenvalue weighted by molar-refractivity contribution is 7.16. The van der Waals surface area contributed by atoms with E-state index in [0.29, 0.717) is 9.90 Å². The number of pyridine rings is 1. The molecule has 4 nitrogen and oxygen atoms in total. The van der Waals surface area contributed by atoms with E-state index in [4.69, 9.17) is 28.9 Å². The summed E-state index contributed by atoms with van der Waals surface area (Å²) in [6.07, 6.45) is 1.36. The smallest absolute Gasteiger partial charge is 0.253 e. The Labute approximate surface area is 124 Å². The summed E-state index contributed by atoms with van der Waals surface area (Å²) in [5.74, 6) is -0.0440. The Bertz CT molecular complexity index is 615. The van der Waals surface area contributed by atoms with Crippen molar-refractivity contribution in [3.05, 3.63) is 44.2 Å². The Kier molecular flexibility index (Phi) is 4.29. The molecule has 100 valence electrons.